The number of carbonyl (C=O) groups is 1. The van der Waals surface area contributed by atoms with Gasteiger partial charge in [0, 0.05) is 48.9 Å². The Morgan fingerprint density at radius 1 is 1.22 bits per heavy atom. The predicted molar refractivity (Wildman–Crippen MR) is 123 cm³/mol. The largest absolute Gasteiger partial charge is 0.455 e. The first kappa shape index (κ1) is 21.6. The molecule has 1 aromatic heterocycles. The van der Waals surface area contributed by atoms with Gasteiger partial charge < -0.3 is 15.1 Å². The number of rotatable bonds is 5. The van der Waals surface area contributed by atoms with Gasteiger partial charge in [-0.2, -0.15) is 0 Å². The van der Waals surface area contributed by atoms with E-state index >= 15 is 0 Å². The van der Waals surface area contributed by atoms with Gasteiger partial charge in [-0.3, -0.25) is 9.10 Å². The van der Waals surface area contributed by atoms with Crippen LogP contribution in [0.4, 0.5) is 10.1 Å². The lowest BCUT2D eigenvalue weighted by atomic mass is 10.00. The quantitative estimate of drug-likeness (QED) is 0.615. The van der Waals surface area contributed by atoms with E-state index in [-0.39, 0.29) is 17.2 Å². The molecule has 9 heteroatoms. The molecule has 0 spiro atoms. The second-order valence-corrected chi connectivity index (χ2v) is 9.39. The Morgan fingerprint density at radius 3 is 2.53 bits per heavy atom. The van der Waals surface area contributed by atoms with Crippen molar-refractivity contribution in [1.82, 2.24) is 10.6 Å². The van der Waals surface area contributed by atoms with Crippen LogP contribution in [0.25, 0.3) is 28.0 Å². The monoisotopic (exact) mass is 455 g/mol. The van der Waals surface area contributed by atoms with Gasteiger partial charge in [-0.15, -0.1) is 0 Å². The van der Waals surface area contributed by atoms with Crippen LogP contribution in [0.3, 0.4) is 0 Å². The summed E-state index contributed by atoms with van der Waals surface area (Å²) in [5.41, 5.74) is 2.87. The van der Waals surface area contributed by atoms with E-state index in [9.17, 15) is 17.6 Å². The third-order valence-electron chi connectivity index (χ3n) is 5.30. The average molecular weight is 456 g/mol. The second kappa shape index (κ2) is 8.16. The number of allylic oxidation sites excluding steroid dienone is 2. The molecule has 3 aromatic rings. The SMILES string of the molecule is CNC(=O)c1c(-c2ccc(F)cc2)oc2cc(N(C)S(C)(=O)=O)c(C3=CC=CCN3)cc12. The first-order valence-electron chi connectivity index (χ1n) is 9.84. The first-order chi connectivity index (χ1) is 15.2. The molecule has 7 nitrogen and oxygen atoms in total. The Morgan fingerprint density at radius 2 is 1.94 bits per heavy atom. The van der Waals surface area contributed by atoms with Crippen LogP contribution in [0.15, 0.2) is 59.0 Å². The van der Waals surface area contributed by atoms with Crippen molar-refractivity contribution in [2.45, 2.75) is 0 Å². The molecular formula is C23H22FN3O4S. The van der Waals surface area contributed by atoms with Crippen molar-refractivity contribution < 1.29 is 22.0 Å². The summed E-state index contributed by atoms with van der Waals surface area (Å²) < 4.78 is 45.3. The third kappa shape index (κ3) is 3.87. The Hall–Kier alpha value is -3.59. The average Bonchev–Trinajstić information content (AvgIpc) is 3.16. The van der Waals surface area contributed by atoms with Crippen LogP contribution in [0, 0.1) is 5.82 Å². The number of nitrogens with one attached hydrogen (secondary N) is 2. The zero-order chi connectivity index (χ0) is 23.0. The maximum atomic E-state index is 13.5. The molecule has 2 N–H and O–H groups in total. The van der Waals surface area contributed by atoms with Gasteiger partial charge in [0.15, 0.2) is 0 Å². The zero-order valence-electron chi connectivity index (χ0n) is 17.8. The lowest BCUT2D eigenvalue weighted by Crippen LogP contribution is -2.27. The summed E-state index contributed by atoms with van der Waals surface area (Å²) >= 11 is 0. The number of amides is 1. The predicted octanol–water partition coefficient (Wildman–Crippen LogP) is 3.49. The van der Waals surface area contributed by atoms with E-state index in [4.69, 9.17) is 4.42 Å². The topological polar surface area (TPSA) is 91.7 Å². The minimum Gasteiger partial charge on any atom is -0.455 e. The number of halogens is 1. The van der Waals surface area contributed by atoms with Crippen LogP contribution >= 0.6 is 0 Å². The molecule has 0 unspecified atom stereocenters. The molecule has 2 aromatic carbocycles. The normalized spacial score (nSPS) is 13.6. The molecule has 0 bridgehead atoms. The molecule has 0 saturated carbocycles. The summed E-state index contributed by atoms with van der Waals surface area (Å²) in [6, 6.07) is 8.97. The fourth-order valence-electron chi connectivity index (χ4n) is 3.59. The van der Waals surface area contributed by atoms with Gasteiger partial charge in [0.1, 0.15) is 17.2 Å². The summed E-state index contributed by atoms with van der Waals surface area (Å²) in [6.45, 7) is 0.584. The van der Waals surface area contributed by atoms with Crippen LogP contribution in [0.5, 0.6) is 0 Å². The van der Waals surface area contributed by atoms with Gasteiger partial charge in [0.2, 0.25) is 10.0 Å². The maximum absolute atomic E-state index is 13.5. The number of nitrogens with zero attached hydrogens (tertiary/aromatic N) is 1. The van der Waals surface area contributed by atoms with Crippen molar-refractivity contribution in [3.8, 4) is 11.3 Å². The Labute approximate surface area is 185 Å². The van der Waals surface area contributed by atoms with E-state index in [1.807, 2.05) is 18.2 Å². The Balaban J connectivity index is 2.05. The van der Waals surface area contributed by atoms with Crippen LogP contribution in [-0.4, -0.2) is 41.2 Å². The highest BCUT2D eigenvalue weighted by molar-refractivity contribution is 7.92. The molecule has 4 rings (SSSR count). The van der Waals surface area contributed by atoms with Crippen molar-refractivity contribution in [2.24, 2.45) is 0 Å². The molecule has 0 aliphatic carbocycles. The fourth-order valence-corrected chi connectivity index (χ4v) is 4.10. The van der Waals surface area contributed by atoms with E-state index in [1.165, 1.54) is 42.7 Å². The summed E-state index contributed by atoms with van der Waals surface area (Å²) in [7, 11) is -0.596. The van der Waals surface area contributed by atoms with Gasteiger partial charge in [-0.1, -0.05) is 12.2 Å². The van der Waals surface area contributed by atoms with Gasteiger partial charge >= 0.3 is 0 Å². The van der Waals surface area contributed by atoms with Crippen molar-refractivity contribution in [2.75, 3.05) is 31.2 Å². The number of sulfonamides is 1. The second-order valence-electron chi connectivity index (χ2n) is 7.38. The van der Waals surface area contributed by atoms with Crippen molar-refractivity contribution >= 4 is 38.3 Å². The van der Waals surface area contributed by atoms with Gasteiger partial charge in [0.25, 0.3) is 5.91 Å². The molecular weight excluding hydrogens is 433 g/mol. The van der Waals surface area contributed by atoms with Gasteiger partial charge in [-0.05, 0) is 36.4 Å². The van der Waals surface area contributed by atoms with Gasteiger partial charge in [0.05, 0.1) is 17.5 Å². The van der Waals surface area contributed by atoms with Crippen LogP contribution < -0.4 is 14.9 Å². The van der Waals surface area contributed by atoms with Crippen molar-refractivity contribution in [1.29, 1.82) is 0 Å². The molecule has 0 fully saturated rings. The molecule has 1 aliphatic rings. The summed E-state index contributed by atoms with van der Waals surface area (Å²) in [5.74, 6) is -0.507. The number of furan rings is 1. The third-order valence-corrected chi connectivity index (χ3v) is 6.49. The number of benzene rings is 2. The lowest BCUT2D eigenvalue weighted by molar-refractivity contribution is 0.0964. The highest BCUT2D eigenvalue weighted by Crippen LogP contribution is 2.39. The molecule has 1 amide bonds. The molecule has 1 aliphatic heterocycles. The van der Waals surface area contributed by atoms with E-state index in [2.05, 4.69) is 10.6 Å². The minimum absolute atomic E-state index is 0.273. The highest BCUT2D eigenvalue weighted by Gasteiger charge is 2.26. The maximum Gasteiger partial charge on any atom is 0.255 e. The number of dihydropyridines is 1. The Bertz CT molecular complexity index is 1370. The minimum atomic E-state index is -3.57. The number of carbonyl (C=O) groups excluding carboxylic acids is 1. The smallest absolute Gasteiger partial charge is 0.255 e. The molecule has 0 atom stereocenters. The molecule has 2 heterocycles. The van der Waals surface area contributed by atoms with Crippen LogP contribution in [0.1, 0.15) is 15.9 Å². The molecule has 32 heavy (non-hydrogen) atoms. The van der Waals surface area contributed by atoms with Crippen molar-refractivity contribution in [3.63, 3.8) is 0 Å². The van der Waals surface area contributed by atoms with Gasteiger partial charge in [-0.25, -0.2) is 12.8 Å². The zero-order valence-corrected chi connectivity index (χ0v) is 18.6. The number of hydrogen-bond donors (Lipinski definition) is 2. The number of fused-ring (bicyclic) bond motifs is 1. The summed E-state index contributed by atoms with van der Waals surface area (Å²) in [6.07, 6.45) is 6.76. The molecule has 0 saturated heterocycles. The number of anilines is 1. The van der Waals surface area contributed by atoms with E-state index in [1.54, 1.807) is 12.1 Å². The summed E-state index contributed by atoms with van der Waals surface area (Å²) in [5, 5.41) is 6.37. The standard InChI is InChI=1S/C23H22FN3O4S/c1-25-23(28)21-17-12-16(18-6-4-5-11-26-18)19(27(2)32(3,29)30)13-20(17)31-22(21)14-7-9-15(24)10-8-14/h4-10,12-13,26H,11H2,1-3H3,(H,25,28). The first-order valence-corrected chi connectivity index (χ1v) is 11.7. The van der Waals surface area contributed by atoms with E-state index in [0.717, 1.165) is 6.26 Å². The summed E-state index contributed by atoms with van der Waals surface area (Å²) in [4.78, 5) is 12.8. The molecule has 166 valence electrons. The number of hydrogen-bond acceptors (Lipinski definition) is 5. The van der Waals surface area contributed by atoms with Crippen molar-refractivity contribution in [3.05, 3.63) is 71.6 Å². The highest BCUT2D eigenvalue weighted by atomic mass is 32.2. The lowest BCUT2D eigenvalue weighted by Gasteiger charge is -2.23. The Kier molecular flexibility index (Phi) is 5.52. The molecule has 0 radical (unpaired) electrons. The fraction of sp³-hybridized carbons (Fsp3) is 0.174. The van der Waals surface area contributed by atoms with E-state index < -0.39 is 15.8 Å². The van der Waals surface area contributed by atoms with Crippen LogP contribution in [0.2, 0.25) is 0 Å². The van der Waals surface area contributed by atoms with E-state index in [0.29, 0.717) is 40.0 Å². The van der Waals surface area contributed by atoms with Crippen LogP contribution in [-0.2, 0) is 10.0 Å².